The minimum absolute atomic E-state index is 0.180. The van der Waals surface area contributed by atoms with Crippen molar-refractivity contribution in [1.29, 1.82) is 0 Å². The van der Waals surface area contributed by atoms with Gasteiger partial charge in [-0.15, -0.1) is 0 Å². The molecule has 5 nitrogen and oxygen atoms in total. The molecule has 0 fully saturated rings. The highest BCUT2D eigenvalue weighted by Crippen LogP contribution is 2.42. The summed E-state index contributed by atoms with van der Waals surface area (Å²) >= 11 is 0. The molecule has 9 rings (SSSR count). The third kappa shape index (κ3) is 5.16. The third-order valence-corrected chi connectivity index (χ3v) is 10.8. The molecule has 7 aromatic carbocycles. The number of esters is 1. The van der Waals surface area contributed by atoms with E-state index in [4.69, 9.17) is 4.74 Å². The molecule has 0 radical (unpaired) electrons. The van der Waals surface area contributed by atoms with E-state index in [0.29, 0.717) is 11.1 Å². The predicted octanol–water partition coefficient (Wildman–Crippen LogP) is 10.3. The summed E-state index contributed by atoms with van der Waals surface area (Å²) in [5.41, 5.74) is 5.62. The highest BCUT2D eigenvalue weighted by molar-refractivity contribution is 7.85. The lowest BCUT2D eigenvalue weighted by atomic mass is 9.85. The fraction of sp³-hybridized carbons (Fsp3) is 0.0465. The van der Waals surface area contributed by atoms with Crippen LogP contribution in [0.1, 0.15) is 32.6 Å². The zero-order valence-electron chi connectivity index (χ0n) is 27.3. The van der Waals surface area contributed by atoms with Crippen LogP contribution in [0.25, 0.3) is 66.7 Å². The van der Waals surface area contributed by atoms with E-state index in [-0.39, 0.29) is 16.7 Å². The summed E-state index contributed by atoms with van der Waals surface area (Å²) < 4.78 is 99.5. The fourth-order valence-electron chi connectivity index (χ4n) is 7.71. The van der Waals surface area contributed by atoms with Gasteiger partial charge < -0.3 is 9.29 Å². The van der Waals surface area contributed by atoms with Crippen LogP contribution < -0.4 is 4.74 Å². The molecule has 0 bridgehead atoms. The maximum atomic E-state index is 15.2. The zero-order valence-corrected chi connectivity index (χ0v) is 28.2. The number of allylic oxidation sites excluding steroid dienone is 2. The number of halogens is 4. The first-order valence-electron chi connectivity index (χ1n) is 16.5. The fourth-order valence-corrected chi connectivity index (χ4v) is 8.33. The third-order valence-electron chi connectivity index (χ3n) is 9.98. The standard InChI is InChI=1S/C43H24F4O5S/c44-37-39(46)42(53(49,50)51)40(47)38(45)41(37)52-43(48)36-30(13-5-14-31(36)29-19-26-10-1-6-22-7-2-11-27(20-29)34(22)26)25-17-16-24-18-28-12-3-8-23-9-4-15-32(35(23)28)33(24)21-25/h1-6,8,10-21H,7,9H2,(H,49,50,51)/p-1. The minimum Gasteiger partial charge on any atom is -0.744 e. The van der Waals surface area contributed by atoms with Gasteiger partial charge in [0.2, 0.25) is 17.4 Å². The Morgan fingerprint density at radius 1 is 0.642 bits per heavy atom. The summed E-state index contributed by atoms with van der Waals surface area (Å²) in [6, 6.07) is 28.4. The molecule has 260 valence electrons. The number of hydrogen-bond donors (Lipinski definition) is 0. The van der Waals surface area contributed by atoms with Crippen molar-refractivity contribution in [3.8, 4) is 28.0 Å². The smallest absolute Gasteiger partial charge is 0.345 e. The molecule has 0 atom stereocenters. The maximum Gasteiger partial charge on any atom is 0.345 e. The van der Waals surface area contributed by atoms with E-state index in [9.17, 15) is 26.5 Å². The van der Waals surface area contributed by atoms with Crippen molar-refractivity contribution < 1.29 is 40.1 Å². The molecule has 2 aliphatic rings. The number of ether oxygens (including phenoxy) is 1. The summed E-state index contributed by atoms with van der Waals surface area (Å²) in [6.45, 7) is 0. The van der Waals surface area contributed by atoms with Crippen LogP contribution in [-0.2, 0) is 23.0 Å². The summed E-state index contributed by atoms with van der Waals surface area (Å²) in [5.74, 6) is -12.9. The molecule has 0 aromatic heterocycles. The van der Waals surface area contributed by atoms with E-state index in [1.54, 1.807) is 24.3 Å². The molecule has 0 spiro atoms. The number of carbonyl (C=O) groups excluding carboxylic acids is 1. The highest BCUT2D eigenvalue weighted by atomic mass is 32.2. The van der Waals surface area contributed by atoms with Crippen molar-refractivity contribution in [3.63, 3.8) is 0 Å². The first-order valence-corrected chi connectivity index (χ1v) is 18.0. The van der Waals surface area contributed by atoms with Crippen LogP contribution in [0.15, 0.2) is 108 Å². The molecule has 0 aliphatic heterocycles. The number of hydrogen-bond acceptors (Lipinski definition) is 5. The van der Waals surface area contributed by atoms with Crippen LogP contribution in [0.4, 0.5) is 17.6 Å². The first kappa shape index (κ1) is 32.8. The van der Waals surface area contributed by atoms with Crippen LogP contribution in [-0.4, -0.2) is 18.9 Å². The van der Waals surface area contributed by atoms with E-state index in [0.717, 1.165) is 67.4 Å². The van der Waals surface area contributed by atoms with Crippen LogP contribution >= 0.6 is 0 Å². The molecule has 0 amide bonds. The highest BCUT2D eigenvalue weighted by Gasteiger charge is 2.33. The number of benzene rings is 7. The predicted molar refractivity (Wildman–Crippen MR) is 195 cm³/mol. The van der Waals surface area contributed by atoms with E-state index in [1.165, 1.54) is 0 Å². The largest absolute Gasteiger partial charge is 0.744 e. The van der Waals surface area contributed by atoms with Gasteiger partial charge in [0.1, 0.15) is 15.0 Å². The summed E-state index contributed by atoms with van der Waals surface area (Å²) in [5, 5.41) is 5.89. The minimum atomic E-state index is -5.98. The summed E-state index contributed by atoms with van der Waals surface area (Å²) in [7, 11) is -5.98. The Hall–Kier alpha value is -6.10. The lowest BCUT2D eigenvalue weighted by molar-refractivity contribution is 0.0718. The van der Waals surface area contributed by atoms with E-state index < -0.39 is 50.0 Å². The van der Waals surface area contributed by atoms with Crippen LogP contribution in [0.2, 0.25) is 0 Å². The Morgan fingerprint density at radius 2 is 1.26 bits per heavy atom. The molecule has 0 heterocycles. The van der Waals surface area contributed by atoms with E-state index >= 15 is 8.78 Å². The van der Waals surface area contributed by atoms with Gasteiger partial charge in [-0.1, -0.05) is 91.0 Å². The van der Waals surface area contributed by atoms with Crippen molar-refractivity contribution in [2.45, 2.75) is 17.7 Å². The van der Waals surface area contributed by atoms with Gasteiger partial charge in [0.15, 0.2) is 11.6 Å². The van der Waals surface area contributed by atoms with Crippen LogP contribution in [0, 0.1) is 23.3 Å². The van der Waals surface area contributed by atoms with Gasteiger partial charge in [0.25, 0.3) is 0 Å². The average molecular weight is 728 g/mol. The molecule has 53 heavy (non-hydrogen) atoms. The Kier molecular flexibility index (Phi) is 7.41. The van der Waals surface area contributed by atoms with Gasteiger partial charge in [0, 0.05) is 0 Å². The van der Waals surface area contributed by atoms with Crippen molar-refractivity contribution in [1.82, 2.24) is 0 Å². The summed E-state index contributed by atoms with van der Waals surface area (Å²) in [6.07, 6.45) is 9.61. The number of rotatable bonds is 5. The molecule has 7 aromatic rings. The first-order chi connectivity index (χ1) is 25.5. The van der Waals surface area contributed by atoms with Crippen LogP contribution in [0.3, 0.4) is 0 Å². The molecule has 0 saturated heterocycles. The molecule has 0 N–H and O–H groups in total. The maximum absolute atomic E-state index is 15.2. The molecular weight excluding hydrogens is 705 g/mol. The van der Waals surface area contributed by atoms with Crippen molar-refractivity contribution in [3.05, 3.63) is 154 Å². The Bertz CT molecular complexity index is 2940. The molecule has 0 saturated carbocycles. The second kappa shape index (κ2) is 12.0. The normalized spacial score (nSPS) is 13.3. The van der Waals surface area contributed by atoms with Gasteiger partial charge >= 0.3 is 5.97 Å². The van der Waals surface area contributed by atoms with E-state index in [1.807, 2.05) is 66.7 Å². The second-order valence-electron chi connectivity index (χ2n) is 13.0. The van der Waals surface area contributed by atoms with Gasteiger partial charge in [0.05, 0.1) is 5.56 Å². The van der Waals surface area contributed by atoms with Gasteiger partial charge in [-0.05, 0) is 114 Å². The van der Waals surface area contributed by atoms with Crippen molar-refractivity contribution >= 4 is 60.6 Å². The van der Waals surface area contributed by atoms with Crippen LogP contribution in [0.5, 0.6) is 5.75 Å². The Balaban J connectivity index is 1.28. The quantitative estimate of drug-likeness (QED) is 0.0440. The summed E-state index contributed by atoms with van der Waals surface area (Å²) in [4.78, 5) is 12.0. The topological polar surface area (TPSA) is 83.5 Å². The van der Waals surface area contributed by atoms with Crippen molar-refractivity contribution in [2.75, 3.05) is 0 Å². The lowest BCUT2D eigenvalue weighted by Gasteiger charge is -2.20. The van der Waals surface area contributed by atoms with E-state index in [2.05, 4.69) is 24.3 Å². The molecule has 0 unspecified atom stereocenters. The Labute approximate surface area is 299 Å². The van der Waals surface area contributed by atoms with Gasteiger partial charge in [-0.25, -0.2) is 22.0 Å². The Morgan fingerprint density at radius 3 is 1.96 bits per heavy atom. The average Bonchev–Trinajstić information content (AvgIpc) is 3.15. The molecule has 10 heteroatoms. The van der Waals surface area contributed by atoms with Gasteiger partial charge in [-0.2, -0.15) is 8.78 Å². The molecule has 2 aliphatic carbocycles. The lowest BCUT2D eigenvalue weighted by Crippen LogP contribution is -2.17. The van der Waals surface area contributed by atoms with Crippen molar-refractivity contribution in [2.24, 2.45) is 0 Å². The second-order valence-corrected chi connectivity index (χ2v) is 14.3. The zero-order chi connectivity index (χ0) is 36.8. The molecular formula is C43H23F4O5S-. The number of carbonyl (C=O) groups is 1. The monoisotopic (exact) mass is 727 g/mol. The van der Waals surface area contributed by atoms with Gasteiger partial charge in [-0.3, -0.25) is 0 Å². The number of fused-ring (bicyclic) bond motifs is 2. The SMILES string of the molecule is O=C(Oc1c(F)c(F)c(S(=O)(=O)[O-])c(F)c1F)c1c(-c2cc3c4c(cccc4c2)CC=C3)cccc1-c1ccc2cc3cccc4c3c(c2c1)C=CC4.